The van der Waals surface area contributed by atoms with Gasteiger partial charge in [0.05, 0.1) is 0 Å². The lowest BCUT2D eigenvalue weighted by Crippen LogP contribution is -2.44. The third kappa shape index (κ3) is 1.79. The normalized spacial score (nSPS) is 29.0. The first kappa shape index (κ1) is 9.62. The minimum absolute atomic E-state index is 0.693. The first-order valence-corrected chi connectivity index (χ1v) is 5.02. The number of hydrogen-bond donors (Lipinski definition) is 1. The van der Waals surface area contributed by atoms with E-state index in [0.717, 1.165) is 24.9 Å². The van der Waals surface area contributed by atoms with Gasteiger partial charge in [0, 0.05) is 24.5 Å². The average molecular weight is 192 g/mol. The predicted molar refractivity (Wildman–Crippen MR) is 54.9 cm³/mol. The standard InChI is InChI=1S/C11H16N2O/c1-13-7-3-5-11(14,9-13)10-4-2-6-12-8-10/h2,4,6,8,14H,3,5,7,9H2,1H3. The van der Waals surface area contributed by atoms with Crippen LogP contribution in [0.5, 0.6) is 0 Å². The van der Waals surface area contributed by atoms with E-state index in [4.69, 9.17) is 0 Å². The molecular weight excluding hydrogens is 176 g/mol. The minimum Gasteiger partial charge on any atom is -0.384 e. The topological polar surface area (TPSA) is 36.4 Å². The van der Waals surface area contributed by atoms with E-state index in [-0.39, 0.29) is 0 Å². The number of hydrogen-bond acceptors (Lipinski definition) is 3. The molecule has 1 aromatic rings. The number of likely N-dealkylation sites (tertiary alicyclic amines) is 1. The van der Waals surface area contributed by atoms with E-state index in [1.54, 1.807) is 12.4 Å². The highest BCUT2D eigenvalue weighted by Crippen LogP contribution is 2.29. The van der Waals surface area contributed by atoms with E-state index in [1.165, 1.54) is 0 Å². The minimum atomic E-state index is -0.693. The van der Waals surface area contributed by atoms with Crippen molar-refractivity contribution in [3.05, 3.63) is 30.1 Å². The Morgan fingerprint density at radius 3 is 3.07 bits per heavy atom. The number of rotatable bonds is 1. The second-order valence-electron chi connectivity index (χ2n) is 4.11. The lowest BCUT2D eigenvalue weighted by atomic mass is 9.87. The van der Waals surface area contributed by atoms with E-state index < -0.39 is 5.60 Å². The van der Waals surface area contributed by atoms with Crippen LogP contribution in [0.1, 0.15) is 18.4 Å². The van der Waals surface area contributed by atoms with Gasteiger partial charge in [0.2, 0.25) is 0 Å². The number of piperidine rings is 1. The Hall–Kier alpha value is -0.930. The average Bonchev–Trinajstić information content (AvgIpc) is 2.19. The van der Waals surface area contributed by atoms with Crippen molar-refractivity contribution in [2.45, 2.75) is 18.4 Å². The summed E-state index contributed by atoms with van der Waals surface area (Å²) in [4.78, 5) is 6.21. The number of β-amino-alcohol motifs (C(OH)–C–C–N with tert-alkyl or cyclic N) is 1. The Kier molecular flexibility index (Phi) is 2.52. The maximum Gasteiger partial charge on any atom is 0.104 e. The number of pyridine rings is 1. The van der Waals surface area contributed by atoms with E-state index in [1.807, 2.05) is 19.2 Å². The lowest BCUT2D eigenvalue weighted by molar-refractivity contribution is -0.0280. The van der Waals surface area contributed by atoms with Gasteiger partial charge < -0.3 is 10.0 Å². The summed E-state index contributed by atoms with van der Waals surface area (Å²) >= 11 is 0. The van der Waals surface area contributed by atoms with Crippen LogP contribution in [0, 0.1) is 0 Å². The summed E-state index contributed by atoms with van der Waals surface area (Å²) in [5.41, 5.74) is 0.243. The predicted octanol–water partition coefficient (Wildman–Crippen LogP) is 0.995. The molecule has 0 aromatic carbocycles. The van der Waals surface area contributed by atoms with Gasteiger partial charge >= 0.3 is 0 Å². The van der Waals surface area contributed by atoms with Gasteiger partial charge in [-0.15, -0.1) is 0 Å². The third-order valence-electron chi connectivity index (χ3n) is 2.86. The van der Waals surface area contributed by atoms with Gasteiger partial charge in [-0.1, -0.05) is 6.07 Å². The van der Waals surface area contributed by atoms with Gasteiger partial charge in [-0.25, -0.2) is 0 Å². The van der Waals surface area contributed by atoms with Crippen LogP contribution in [0.25, 0.3) is 0 Å². The quantitative estimate of drug-likeness (QED) is 0.721. The highest BCUT2D eigenvalue weighted by Gasteiger charge is 2.33. The second kappa shape index (κ2) is 3.67. The first-order chi connectivity index (χ1) is 6.71. The van der Waals surface area contributed by atoms with E-state index in [2.05, 4.69) is 9.88 Å². The van der Waals surface area contributed by atoms with E-state index in [9.17, 15) is 5.11 Å². The van der Waals surface area contributed by atoms with Crippen LogP contribution in [0.3, 0.4) is 0 Å². The molecular formula is C11H16N2O. The molecule has 1 saturated heterocycles. The van der Waals surface area contributed by atoms with Crippen LogP contribution >= 0.6 is 0 Å². The Labute approximate surface area is 84.4 Å². The van der Waals surface area contributed by atoms with Gasteiger partial charge in [0.15, 0.2) is 0 Å². The Morgan fingerprint density at radius 2 is 2.43 bits per heavy atom. The summed E-state index contributed by atoms with van der Waals surface area (Å²) in [6, 6.07) is 3.83. The van der Waals surface area contributed by atoms with Gasteiger partial charge in [0.25, 0.3) is 0 Å². The zero-order chi connectivity index (χ0) is 10.0. The van der Waals surface area contributed by atoms with Crippen molar-refractivity contribution in [1.82, 2.24) is 9.88 Å². The molecule has 3 heteroatoms. The van der Waals surface area contributed by atoms with Crippen LogP contribution in [0.2, 0.25) is 0 Å². The van der Waals surface area contributed by atoms with Crippen LogP contribution in [-0.4, -0.2) is 35.1 Å². The molecule has 2 heterocycles. The summed E-state index contributed by atoms with van der Waals surface area (Å²) in [5.74, 6) is 0. The fraction of sp³-hybridized carbons (Fsp3) is 0.545. The Morgan fingerprint density at radius 1 is 1.57 bits per heavy atom. The largest absolute Gasteiger partial charge is 0.384 e. The van der Waals surface area contributed by atoms with Crippen LogP contribution in [-0.2, 0) is 5.60 Å². The number of aliphatic hydroxyl groups is 1. The highest BCUT2D eigenvalue weighted by molar-refractivity contribution is 5.19. The van der Waals surface area contributed by atoms with Crippen molar-refractivity contribution in [2.75, 3.05) is 20.1 Å². The van der Waals surface area contributed by atoms with Gasteiger partial charge in [0.1, 0.15) is 5.60 Å². The first-order valence-electron chi connectivity index (χ1n) is 5.02. The van der Waals surface area contributed by atoms with Crippen molar-refractivity contribution >= 4 is 0 Å². The van der Waals surface area contributed by atoms with E-state index >= 15 is 0 Å². The SMILES string of the molecule is CN1CCCC(O)(c2cccnc2)C1. The van der Waals surface area contributed by atoms with Crippen LogP contribution < -0.4 is 0 Å². The molecule has 0 bridgehead atoms. The molecule has 1 aliphatic rings. The second-order valence-corrected chi connectivity index (χ2v) is 4.11. The van der Waals surface area contributed by atoms with Crippen molar-refractivity contribution in [3.63, 3.8) is 0 Å². The van der Waals surface area contributed by atoms with Crippen molar-refractivity contribution in [1.29, 1.82) is 0 Å². The molecule has 1 atom stereocenters. The van der Waals surface area contributed by atoms with Crippen LogP contribution in [0.15, 0.2) is 24.5 Å². The smallest absolute Gasteiger partial charge is 0.104 e. The maximum atomic E-state index is 10.4. The lowest BCUT2D eigenvalue weighted by Gasteiger charge is -2.37. The summed E-state index contributed by atoms with van der Waals surface area (Å²) in [7, 11) is 2.04. The molecule has 1 N–H and O–H groups in total. The van der Waals surface area contributed by atoms with Gasteiger partial charge in [-0.2, -0.15) is 0 Å². The molecule has 0 aliphatic carbocycles. The molecule has 3 nitrogen and oxygen atoms in total. The summed E-state index contributed by atoms with van der Waals surface area (Å²) < 4.78 is 0. The molecule has 1 aliphatic heterocycles. The highest BCUT2D eigenvalue weighted by atomic mass is 16.3. The molecule has 76 valence electrons. The molecule has 2 rings (SSSR count). The fourth-order valence-electron chi connectivity index (χ4n) is 2.12. The zero-order valence-electron chi connectivity index (χ0n) is 8.48. The van der Waals surface area contributed by atoms with E-state index in [0.29, 0.717) is 6.54 Å². The molecule has 0 saturated carbocycles. The molecule has 14 heavy (non-hydrogen) atoms. The molecule has 1 fully saturated rings. The number of aromatic nitrogens is 1. The fourth-order valence-corrected chi connectivity index (χ4v) is 2.12. The van der Waals surface area contributed by atoms with Gasteiger partial charge in [-0.3, -0.25) is 4.98 Å². The number of likely N-dealkylation sites (N-methyl/N-ethyl adjacent to an activating group) is 1. The summed E-state index contributed by atoms with van der Waals surface area (Å²) in [6.07, 6.45) is 5.38. The van der Waals surface area contributed by atoms with Crippen LogP contribution in [0.4, 0.5) is 0 Å². The van der Waals surface area contributed by atoms with Crippen molar-refractivity contribution < 1.29 is 5.11 Å². The molecule has 1 unspecified atom stereocenters. The Bertz CT molecular complexity index is 301. The van der Waals surface area contributed by atoms with Gasteiger partial charge in [-0.05, 0) is 32.5 Å². The monoisotopic (exact) mass is 192 g/mol. The number of nitrogens with zero attached hydrogens (tertiary/aromatic N) is 2. The van der Waals surface area contributed by atoms with Crippen molar-refractivity contribution in [2.24, 2.45) is 0 Å². The zero-order valence-corrected chi connectivity index (χ0v) is 8.48. The molecule has 1 aromatic heterocycles. The molecule has 0 amide bonds. The Balaban J connectivity index is 2.23. The third-order valence-corrected chi connectivity index (χ3v) is 2.86. The molecule has 0 radical (unpaired) electrons. The maximum absolute atomic E-state index is 10.4. The molecule has 0 spiro atoms. The van der Waals surface area contributed by atoms with Crippen molar-refractivity contribution in [3.8, 4) is 0 Å². The summed E-state index contributed by atoms with van der Waals surface area (Å²) in [5, 5.41) is 10.4. The summed E-state index contributed by atoms with van der Waals surface area (Å²) in [6.45, 7) is 1.78.